The molecule has 0 amide bonds. The molecule has 110 valence electrons. The van der Waals surface area contributed by atoms with Crippen LogP contribution >= 0.6 is 0 Å². The third-order valence-electron chi connectivity index (χ3n) is 6.69. The van der Waals surface area contributed by atoms with Crippen LogP contribution in [-0.4, -0.2) is 30.6 Å². The highest BCUT2D eigenvalue weighted by atomic mass is 15.2. The van der Waals surface area contributed by atoms with Crippen molar-refractivity contribution in [3.63, 3.8) is 0 Å². The lowest BCUT2D eigenvalue weighted by Crippen LogP contribution is -2.68. The quantitative estimate of drug-likeness (QED) is 0.746. The van der Waals surface area contributed by atoms with Gasteiger partial charge in [0.15, 0.2) is 0 Å². The summed E-state index contributed by atoms with van der Waals surface area (Å²) in [5.74, 6) is 3.90. The van der Waals surface area contributed by atoms with Crippen LogP contribution < -0.4 is 5.73 Å². The molecule has 2 nitrogen and oxygen atoms in total. The van der Waals surface area contributed by atoms with E-state index in [-0.39, 0.29) is 0 Å². The van der Waals surface area contributed by atoms with E-state index in [2.05, 4.69) is 18.9 Å². The van der Waals surface area contributed by atoms with E-state index in [0.717, 1.165) is 30.2 Å². The molecule has 2 heteroatoms. The van der Waals surface area contributed by atoms with Crippen LogP contribution in [0, 0.1) is 23.7 Å². The molecule has 0 heterocycles. The zero-order valence-corrected chi connectivity index (χ0v) is 12.9. The first-order chi connectivity index (χ1) is 9.20. The van der Waals surface area contributed by atoms with Crippen LogP contribution in [0.2, 0.25) is 0 Å². The smallest absolute Gasteiger partial charge is 0.0385 e. The molecule has 0 aliphatic heterocycles. The molecule has 4 saturated carbocycles. The molecular formula is C17H32N2. The Morgan fingerprint density at radius 1 is 1.00 bits per heavy atom. The number of hydrogen-bond acceptors (Lipinski definition) is 2. The van der Waals surface area contributed by atoms with Crippen molar-refractivity contribution in [2.24, 2.45) is 29.4 Å². The van der Waals surface area contributed by atoms with Gasteiger partial charge in [0.25, 0.3) is 0 Å². The fraction of sp³-hybridized carbons (Fsp3) is 1.00. The third-order valence-corrected chi connectivity index (χ3v) is 6.69. The first-order valence-corrected chi connectivity index (χ1v) is 8.62. The fourth-order valence-corrected chi connectivity index (χ4v) is 5.92. The summed E-state index contributed by atoms with van der Waals surface area (Å²) in [5.41, 5.74) is 6.71. The van der Waals surface area contributed by atoms with Gasteiger partial charge >= 0.3 is 0 Å². The predicted molar refractivity (Wildman–Crippen MR) is 81.0 cm³/mol. The molecule has 4 bridgehead atoms. The molecule has 4 aliphatic carbocycles. The molecule has 2 N–H and O–H groups in total. The number of likely N-dealkylation sites (N-methyl/N-ethyl adjacent to an activating group) is 1. The Morgan fingerprint density at radius 2 is 1.58 bits per heavy atom. The minimum Gasteiger partial charge on any atom is -0.329 e. The van der Waals surface area contributed by atoms with Crippen LogP contribution in [0.1, 0.15) is 58.3 Å². The normalized spacial score (nSPS) is 44.2. The standard InChI is InChI=1S/C17H32N2/c1-3-4-5-6-19(2)17(12-18)15-8-13-7-14(10-15)11-16(17)9-13/h13-16H,3-12,18H2,1-2H3. The lowest BCUT2D eigenvalue weighted by atomic mass is 9.48. The van der Waals surface area contributed by atoms with E-state index < -0.39 is 0 Å². The average Bonchev–Trinajstić information content (AvgIpc) is 2.39. The predicted octanol–water partition coefficient (Wildman–Crippen LogP) is 3.26. The van der Waals surface area contributed by atoms with Gasteiger partial charge < -0.3 is 5.73 Å². The lowest BCUT2D eigenvalue weighted by Gasteiger charge is -2.64. The van der Waals surface area contributed by atoms with E-state index in [9.17, 15) is 0 Å². The first-order valence-electron chi connectivity index (χ1n) is 8.62. The van der Waals surface area contributed by atoms with Gasteiger partial charge in [-0.3, -0.25) is 4.90 Å². The molecule has 4 rings (SSSR count). The van der Waals surface area contributed by atoms with Crippen molar-refractivity contribution >= 4 is 0 Å². The highest BCUT2D eigenvalue weighted by Gasteiger charge is 2.57. The Bertz CT molecular complexity index is 284. The Hall–Kier alpha value is -0.0800. The van der Waals surface area contributed by atoms with Gasteiger partial charge in [0, 0.05) is 12.1 Å². The molecular weight excluding hydrogens is 232 g/mol. The molecule has 19 heavy (non-hydrogen) atoms. The van der Waals surface area contributed by atoms with Gasteiger partial charge in [-0.15, -0.1) is 0 Å². The fourth-order valence-electron chi connectivity index (χ4n) is 5.92. The van der Waals surface area contributed by atoms with E-state index in [1.54, 1.807) is 0 Å². The van der Waals surface area contributed by atoms with Crippen LogP contribution in [0.3, 0.4) is 0 Å². The van der Waals surface area contributed by atoms with E-state index in [1.807, 2.05) is 0 Å². The second-order valence-electron chi connectivity index (χ2n) is 7.63. The third kappa shape index (κ3) is 2.15. The molecule has 4 fully saturated rings. The summed E-state index contributed by atoms with van der Waals surface area (Å²) in [4.78, 5) is 2.69. The first kappa shape index (κ1) is 13.9. The van der Waals surface area contributed by atoms with Crippen molar-refractivity contribution in [2.75, 3.05) is 20.1 Å². The minimum atomic E-state index is 0.362. The maximum Gasteiger partial charge on any atom is 0.0385 e. The van der Waals surface area contributed by atoms with Crippen molar-refractivity contribution in [3.8, 4) is 0 Å². The van der Waals surface area contributed by atoms with Gasteiger partial charge in [-0.1, -0.05) is 19.8 Å². The summed E-state index contributed by atoms with van der Waals surface area (Å²) in [7, 11) is 2.37. The number of nitrogens with zero attached hydrogens (tertiary/aromatic N) is 1. The molecule has 0 aromatic carbocycles. The summed E-state index contributed by atoms with van der Waals surface area (Å²) in [6.45, 7) is 4.44. The number of hydrogen-bond donors (Lipinski definition) is 1. The van der Waals surface area contributed by atoms with Crippen LogP contribution in [-0.2, 0) is 0 Å². The molecule has 0 atom stereocenters. The van der Waals surface area contributed by atoms with Crippen molar-refractivity contribution in [1.82, 2.24) is 4.90 Å². The van der Waals surface area contributed by atoms with Gasteiger partial charge in [0.2, 0.25) is 0 Å². The highest BCUT2D eigenvalue weighted by molar-refractivity contribution is 5.12. The molecule has 4 aliphatic rings. The summed E-state index contributed by atoms with van der Waals surface area (Å²) >= 11 is 0. The Kier molecular flexibility index (Phi) is 3.92. The summed E-state index contributed by atoms with van der Waals surface area (Å²) in [6.07, 6.45) is 11.5. The lowest BCUT2D eigenvalue weighted by molar-refractivity contribution is -0.123. The zero-order valence-electron chi connectivity index (χ0n) is 12.9. The summed E-state index contributed by atoms with van der Waals surface area (Å²) in [5, 5.41) is 0. The topological polar surface area (TPSA) is 29.3 Å². The number of rotatable bonds is 6. The summed E-state index contributed by atoms with van der Waals surface area (Å²) in [6, 6.07) is 0. The van der Waals surface area contributed by atoms with Crippen LogP contribution in [0.15, 0.2) is 0 Å². The Labute approximate surface area is 119 Å². The largest absolute Gasteiger partial charge is 0.329 e. The SMILES string of the molecule is CCCCCN(C)C1(CN)C2CC3CC(C2)CC1C3. The molecule has 0 radical (unpaired) electrons. The van der Waals surface area contributed by atoms with Gasteiger partial charge in [-0.25, -0.2) is 0 Å². The van der Waals surface area contributed by atoms with Gasteiger partial charge in [0.1, 0.15) is 0 Å². The van der Waals surface area contributed by atoms with E-state index >= 15 is 0 Å². The maximum atomic E-state index is 6.35. The van der Waals surface area contributed by atoms with Crippen molar-refractivity contribution in [1.29, 1.82) is 0 Å². The molecule has 0 saturated heterocycles. The van der Waals surface area contributed by atoms with E-state index in [0.29, 0.717) is 5.54 Å². The average molecular weight is 264 g/mol. The second kappa shape index (κ2) is 5.37. The summed E-state index contributed by atoms with van der Waals surface area (Å²) < 4.78 is 0. The van der Waals surface area contributed by atoms with Gasteiger partial charge in [-0.05, 0) is 75.8 Å². The van der Waals surface area contributed by atoms with Crippen LogP contribution in [0.5, 0.6) is 0 Å². The maximum absolute atomic E-state index is 6.35. The highest BCUT2D eigenvalue weighted by Crippen LogP contribution is 2.59. The van der Waals surface area contributed by atoms with Crippen molar-refractivity contribution < 1.29 is 0 Å². The second-order valence-corrected chi connectivity index (χ2v) is 7.63. The number of unbranched alkanes of at least 4 members (excludes halogenated alkanes) is 2. The zero-order chi connectivity index (χ0) is 13.5. The van der Waals surface area contributed by atoms with E-state index in [4.69, 9.17) is 5.73 Å². The Balaban J connectivity index is 1.75. The van der Waals surface area contributed by atoms with Gasteiger partial charge in [0.05, 0.1) is 0 Å². The molecule has 0 unspecified atom stereocenters. The van der Waals surface area contributed by atoms with Crippen LogP contribution in [0.25, 0.3) is 0 Å². The van der Waals surface area contributed by atoms with Crippen molar-refractivity contribution in [3.05, 3.63) is 0 Å². The monoisotopic (exact) mass is 264 g/mol. The van der Waals surface area contributed by atoms with E-state index in [1.165, 1.54) is 57.9 Å². The molecule has 0 aromatic heterocycles. The molecule has 0 spiro atoms. The van der Waals surface area contributed by atoms with Crippen molar-refractivity contribution in [2.45, 2.75) is 63.8 Å². The Morgan fingerprint density at radius 3 is 2.05 bits per heavy atom. The number of nitrogens with two attached hydrogens (primary N) is 1. The van der Waals surface area contributed by atoms with Gasteiger partial charge in [-0.2, -0.15) is 0 Å². The molecule has 0 aromatic rings. The minimum absolute atomic E-state index is 0.362. The van der Waals surface area contributed by atoms with Crippen LogP contribution in [0.4, 0.5) is 0 Å².